The number of rotatable bonds is 0. The quantitative estimate of drug-likeness (QED) is 0.659. The van der Waals surface area contributed by atoms with Crippen LogP contribution in [-0.4, -0.2) is 6.54 Å². The van der Waals surface area contributed by atoms with Gasteiger partial charge in [-0.05, 0) is 49.8 Å². The van der Waals surface area contributed by atoms with E-state index in [4.69, 9.17) is 0 Å². The smallest absolute Gasteiger partial charge is 0.0405 e. The van der Waals surface area contributed by atoms with E-state index in [-0.39, 0.29) is 0 Å². The Hall–Kier alpha value is -0.980. The Morgan fingerprint density at radius 2 is 1.79 bits per heavy atom. The minimum absolute atomic E-state index is 1.14. The van der Waals surface area contributed by atoms with Gasteiger partial charge in [0.25, 0.3) is 0 Å². The van der Waals surface area contributed by atoms with Gasteiger partial charge in [-0.25, -0.2) is 0 Å². The minimum atomic E-state index is 1.14. The van der Waals surface area contributed by atoms with Crippen LogP contribution in [0.25, 0.3) is 0 Å². The maximum Gasteiger partial charge on any atom is 0.0405 e. The average molecular weight is 189 g/mol. The third-order valence-electron chi connectivity index (χ3n) is 3.16. The van der Waals surface area contributed by atoms with Crippen LogP contribution in [0.4, 0.5) is 5.69 Å². The van der Waals surface area contributed by atoms with E-state index in [1.54, 1.807) is 5.56 Å². The molecular weight excluding hydrogens is 170 g/mol. The van der Waals surface area contributed by atoms with Gasteiger partial charge >= 0.3 is 0 Å². The number of benzene rings is 1. The lowest BCUT2D eigenvalue weighted by atomic mass is 9.95. The van der Waals surface area contributed by atoms with Gasteiger partial charge in [-0.1, -0.05) is 18.6 Å². The largest absolute Gasteiger partial charge is 0.385 e. The second kappa shape index (κ2) is 4.04. The summed E-state index contributed by atoms with van der Waals surface area (Å²) >= 11 is 0. The lowest BCUT2D eigenvalue weighted by molar-refractivity contribution is 0.684. The molecule has 0 saturated carbocycles. The zero-order valence-corrected chi connectivity index (χ0v) is 9.19. The van der Waals surface area contributed by atoms with Gasteiger partial charge in [0.2, 0.25) is 0 Å². The summed E-state index contributed by atoms with van der Waals surface area (Å²) in [5, 5.41) is 3.57. The van der Waals surface area contributed by atoms with E-state index in [0.29, 0.717) is 0 Å². The van der Waals surface area contributed by atoms with E-state index in [1.807, 2.05) is 0 Å². The highest BCUT2D eigenvalue weighted by atomic mass is 14.9. The summed E-state index contributed by atoms with van der Waals surface area (Å²) < 4.78 is 0. The van der Waals surface area contributed by atoms with E-state index >= 15 is 0 Å². The number of anilines is 1. The molecule has 1 heterocycles. The highest BCUT2D eigenvalue weighted by Gasteiger charge is 2.10. The molecule has 1 aliphatic heterocycles. The van der Waals surface area contributed by atoms with Crippen LogP contribution < -0.4 is 5.32 Å². The number of nitrogens with one attached hydrogen (secondary N) is 1. The van der Waals surface area contributed by atoms with Gasteiger partial charge in [0, 0.05) is 12.2 Å². The van der Waals surface area contributed by atoms with Crippen LogP contribution in [0.3, 0.4) is 0 Å². The summed E-state index contributed by atoms with van der Waals surface area (Å²) in [6.45, 7) is 5.56. The van der Waals surface area contributed by atoms with Crippen molar-refractivity contribution >= 4 is 5.69 Å². The number of hydrogen-bond donors (Lipinski definition) is 1. The van der Waals surface area contributed by atoms with E-state index in [9.17, 15) is 0 Å². The molecule has 1 aromatic carbocycles. The van der Waals surface area contributed by atoms with E-state index in [2.05, 4.69) is 31.3 Å². The Morgan fingerprint density at radius 3 is 2.64 bits per heavy atom. The first-order valence-electron chi connectivity index (χ1n) is 5.62. The zero-order valence-electron chi connectivity index (χ0n) is 9.19. The maximum atomic E-state index is 3.57. The molecule has 0 fully saturated rings. The summed E-state index contributed by atoms with van der Waals surface area (Å²) in [5.74, 6) is 0. The van der Waals surface area contributed by atoms with Crippen molar-refractivity contribution < 1.29 is 0 Å². The molecule has 1 N–H and O–H groups in total. The van der Waals surface area contributed by atoms with Crippen molar-refractivity contribution in [1.82, 2.24) is 0 Å². The van der Waals surface area contributed by atoms with Gasteiger partial charge in [-0.3, -0.25) is 0 Å². The fourth-order valence-electron chi connectivity index (χ4n) is 2.25. The summed E-state index contributed by atoms with van der Waals surface area (Å²) in [6.07, 6.45) is 5.27. The van der Waals surface area contributed by atoms with Crippen molar-refractivity contribution in [2.75, 3.05) is 11.9 Å². The predicted octanol–water partition coefficient (Wildman–Crippen LogP) is 3.44. The molecule has 0 aromatic heterocycles. The van der Waals surface area contributed by atoms with Gasteiger partial charge in [0.15, 0.2) is 0 Å². The van der Waals surface area contributed by atoms with Crippen molar-refractivity contribution in [3.8, 4) is 0 Å². The predicted molar refractivity (Wildman–Crippen MR) is 62.0 cm³/mol. The molecule has 0 saturated heterocycles. The number of hydrogen-bond acceptors (Lipinski definition) is 1. The lowest BCUT2D eigenvalue weighted by Gasteiger charge is -2.19. The van der Waals surface area contributed by atoms with E-state index < -0.39 is 0 Å². The fourth-order valence-corrected chi connectivity index (χ4v) is 2.25. The molecule has 1 heteroatoms. The van der Waals surface area contributed by atoms with Crippen LogP contribution in [0.5, 0.6) is 0 Å². The van der Waals surface area contributed by atoms with Gasteiger partial charge in [-0.15, -0.1) is 0 Å². The van der Waals surface area contributed by atoms with Crippen molar-refractivity contribution in [3.63, 3.8) is 0 Å². The molecule has 0 unspecified atom stereocenters. The molecule has 0 aliphatic carbocycles. The van der Waals surface area contributed by atoms with Crippen molar-refractivity contribution in [2.24, 2.45) is 0 Å². The molecule has 0 atom stereocenters. The summed E-state index contributed by atoms with van der Waals surface area (Å²) in [7, 11) is 0. The highest BCUT2D eigenvalue weighted by Crippen LogP contribution is 2.27. The topological polar surface area (TPSA) is 12.0 Å². The summed E-state index contributed by atoms with van der Waals surface area (Å²) in [6, 6.07) is 4.47. The van der Waals surface area contributed by atoms with Gasteiger partial charge in [-0.2, -0.15) is 0 Å². The first-order valence-corrected chi connectivity index (χ1v) is 5.62. The van der Waals surface area contributed by atoms with Crippen LogP contribution in [-0.2, 0) is 6.42 Å². The molecular formula is C13H19N. The Balaban J connectivity index is 2.42. The molecule has 0 amide bonds. The van der Waals surface area contributed by atoms with Crippen LogP contribution >= 0.6 is 0 Å². The third-order valence-corrected chi connectivity index (χ3v) is 3.16. The molecule has 2 rings (SSSR count). The van der Waals surface area contributed by atoms with Gasteiger partial charge in [0.1, 0.15) is 0 Å². The third kappa shape index (κ3) is 1.77. The highest BCUT2D eigenvalue weighted by molar-refractivity contribution is 5.60. The molecule has 14 heavy (non-hydrogen) atoms. The molecule has 1 aromatic rings. The minimum Gasteiger partial charge on any atom is -0.385 e. The Bertz CT molecular complexity index is 295. The second-order valence-corrected chi connectivity index (χ2v) is 4.29. The van der Waals surface area contributed by atoms with Crippen LogP contribution in [0.15, 0.2) is 12.1 Å². The number of aryl methyl sites for hydroxylation is 2. The van der Waals surface area contributed by atoms with Crippen molar-refractivity contribution in [2.45, 2.75) is 39.5 Å². The molecule has 1 nitrogen and oxygen atoms in total. The van der Waals surface area contributed by atoms with Crippen molar-refractivity contribution in [3.05, 3.63) is 28.8 Å². The molecule has 76 valence electrons. The Labute approximate surface area is 86.5 Å². The zero-order chi connectivity index (χ0) is 9.97. The first-order chi connectivity index (χ1) is 6.79. The fraction of sp³-hybridized carbons (Fsp3) is 0.538. The second-order valence-electron chi connectivity index (χ2n) is 4.29. The maximum absolute atomic E-state index is 3.57. The average Bonchev–Trinajstić information content (AvgIpc) is 2.11. The summed E-state index contributed by atoms with van der Waals surface area (Å²) in [5.41, 5.74) is 5.79. The molecule has 0 radical (unpaired) electrons. The SMILES string of the molecule is Cc1ccc(C)c2c1CCCCCN2. The van der Waals surface area contributed by atoms with Gasteiger partial charge < -0.3 is 5.32 Å². The molecule has 0 bridgehead atoms. The standard InChI is InChI=1S/C13H19N/c1-10-7-8-11(2)13-12(10)6-4-3-5-9-14-13/h7-8,14H,3-6,9H2,1-2H3. The van der Waals surface area contributed by atoms with Gasteiger partial charge in [0.05, 0.1) is 0 Å². The normalized spacial score (nSPS) is 16.4. The van der Waals surface area contributed by atoms with Crippen molar-refractivity contribution in [1.29, 1.82) is 0 Å². The Morgan fingerprint density at radius 1 is 1.00 bits per heavy atom. The monoisotopic (exact) mass is 189 g/mol. The van der Waals surface area contributed by atoms with E-state index in [0.717, 1.165) is 6.54 Å². The first kappa shape index (κ1) is 9.57. The van der Waals surface area contributed by atoms with Crippen LogP contribution in [0, 0.1) is 13.8 Å². The van der Waals surface area contributed by atoms with Crippen LogP contribution in [0.1, 0.15) is 36.0 Å². The van der Waals surface area contributed by atoms with Crippen LogP contribution in [0.2, 0.25) is 0 Å². The molecule has 0 spiro atoms. The number of fused-ring (bicyclic) bond motifs is 1. The Kier molecular flexibility index (Phi) is 2.76. The lowest BCUT2D eigenvalue weighted by Crippen LogP contribution is -2.10. The summed E-state index contributed by atoms with van der Waals surface area (Å²) in [4.78, 5) is 0. The molecule has 1 aliphatic rings. The van der Waals surface area contributed by atoms with E-state index in [1.165, 1.54) is 42.5 Å².